The van der Waals surface area contributed by atoms with Crippen LogP contribution in [0.1, 0.15) is 38.5 Å². The highest BCUT2D eigenvalue weighted by Crippen LogP contribution is 2.28. The fourth-order valence-corrected chi connectivity index (χ4v) is 2.44. The lowest BCUT2D eigenvalue weighted by atomic mass is 9.90. The van der Waals surface area contributed by atoms with Crippen LogP contribution in [-0.4, -0.2) is 29.8 Å². The molecule has 2 nitrogen and oxygen atoms in total. The molecule has 1 aliphatic heterocycles. The molecule has 0 aromatic heterocycles. The Hall–Kier alpha value is -0.370. The maximum absolute atomic E-state index is 10.6. The highest BCUT2D eigenvalue weighted by molar-refractivity contribution is 5.59. The Labute approximate surface area is 73.9 Å². The molecule has 1 saturated heterocycles. The van der Waals surface area contributed by atoms with Crippen molar-refractivity contribution < 1.29 is 4.79 Å². The summed E-state index contributed by atoms with van der Waals surface area (Å²) in [7, 11) is 0. The van der Waals surface area contributed by atoms with Gasteiger partial charge in [-0.2, -0.15) is 0 Å². The Kier molecular flexibility index (Phi) is 2.45. The van der Waals surface area contributed by atoms with E-state index in [2.05, 4.69) is 4.90 Å². The second-order valence-electron chi connectivity index (χ2n) is 4.02. The summed E-state index contributed by atoms with van der Waals surface area (Å²) in [5.41, 5.74) is 0. The van der Waals surface area contributed by atoms with Crippen LogP contribution in [0.15, 0.2) is 0 Å². The van der Waals surface area contributed by atoms with Crippen molar-refractivity contribution in [3.05, 3.63) is 0 Å². The van der Waals surface area contributed by atoms with Gasteiger partial charge in [0.25, 0.3) is 0 Å². The monoisotopic (exact) mass is 167 g/mol. The zero-order valence-corrected chi connectivity index (χ0v) is 7.54. The van der Waals surface area contributed by atoms with Crippen molar-refractivity contribution in [1.29, 1.82) is 0 Å². The minimum Gasteiger partial charge on any atom is -0.302 e. The number of aldehydes is 1. The molecule has 2 heteroatoms. The molecule has 1 unspecified atom stereocenters. The van der Waals surface area contributed by atoms with E-state index in [9.17, 15) is 4.79 Å². The van der Waals surface area contributed by atoms with Crippen molar-refractivity contribution in [3.8, 4) is 0 Å². The van der Waals surface area contributed by atoms with Gasteiger partial charge in [-0.1, -0.05) is 19.3 Å². The number of hydrogen-bond acceptors (Lipinski definition) is 2. The van der Waals surface area contributed by atoms with E-state index in [4.69, 9.17) is 0 Å². The largest absolute Gasteiger partial charge is 0.302 e. The number of likely N-dealkylation sites (tertiary alicyclic amines) is 1. The summed E-state index contributed by atoms with van der Waals surface area (Å²) in [4.78, 5) is 13.0. The van der Waals surface area contributed by atoms with Gasteiger partial charge in [0.2, 0.25) is 0 Å². The summed E-state index contributed by atoms with van der Waals surface area (Å²) >= 11 is 0. The average Bonchev–Trinajstić information content (AvgIpc) is 2.05. The average molecular weight is 167 g/mol. The van der Waals surface area contributed by atoms with Crippen LogP contribution in [0.4, 0.5) is 0 Å². The van der Waals surface area contributed by atoms with E-state index < -0.39 is 0 Å². The van der Waals surface area contributed by atoms with E-state index in [1.54, 1.807) is 0 Å². The quantitative estimate of drug-likeness (QED) is 0.582. The van der Waals surface area contributed by atoms with Crippen molar-refractivity contribution in [2.75, 3.05) is 6.54 Å². The number of carbonyl (C=O) groups excluding carboxylic acids is 1. The molecule has 1 saturated carbocycles. The van der Waals surface area contributed by atoms with Gasteiger partial charge >= 0.3 is 0 Å². The molecule has 0 N–H and O–H groups in total. The first-order valence-electron chi connectivity index (χ1n) is 5.13. The Bertz CT molecular complexity index is 163. The third-order valence-corrected chi connectivity index (χ3v) is 3.31. The first-order valence-corrected chi connectivity index (χ1v) is 5.13. The van der Waals surface area contributed by atoms with Gasteiger partial charge in [-0.15, -0.1) is 0 Å². The second-order valence-corrected chi connectivity index (χ2v) is 4.02. The lowest BCUT2D eigenvalue weighted by Gasteiger charge is -2.44. The lowest BCUT2D eigenvalue weighted by molar-refractivity contribution is -0.118. The number of nitrogens with zero attached hydrogens (tertiary/aromatic N) is 1. The fraction of sp³-hybridized carbons (Fsp3) is 0.900. The van der Waals surface area contributed by atoms with Crippen LogP contribution < -0.4 is 0 Å². The van der Waals surface area contributed by atoms with E-state index in [1.807, 2.05) is 0 Å². The maximum Gasteiger partial charge on any atom is 0.137 e. The molecule has 2 rings (SSSR count). The molecule has 68 valence electrons. The third kappa shape index (κ3) is 1.40. The molecule has 0 aromatic carbocycles. The predicted molar refractivity (Wildman–Crippen MR) is 48.0 cm³/mol. The van der Waals surface area contributed by atoms with Crippen LogP contribution in [0.3, 0.4) is 0 Å². The third-order valence-electron chi connectivity index (χ3n) is 3.31. The van der Waals surface area contributed by atoms with Crippen molar-refractivity contribution in [1.82, 2.24) is 4.90 Å². The van der Waals surface area contributed by atoms with E-state index in [0.717, 1.165) is 25.3 Å². The first kappa shape index (κ1) is 8.24. The fourth-order valence-electron chi connectivity index (χ4n) is 2.44. The standard InChI is InChI=1S/C10H17NO/c12-8-10-6-7-11(10)9-4-2-1-3-5-9/h8-10H,1-7H2. The van der Waals surface area contributed by atoms with Crippen molar-refractivity contribution >= 4 is 6.29 Å². The van der Waals surface area contributed by atoms with E-state index in [-0.39, 0.29) is 6.04 Å². The number of rotatable bonds is 2. The normalized spacial score (nSPS) is 32.8. The van der Waals surface area contributed by atoms with Gasteiger partial charge in [-0.25, -0.2) is 0 Å². The lowest BCUT2D eigenvalue weighted by Crippen LogP contribution is -2.54. The van der Waals surface area contributed by atoms with Crippen molar-refractivity contribution in [2.45, 2.75) is 50.6 Å². The van der Waals surface area contributed by atoms with E-state index in [0.29, 0.717) is 0 Å². The zero-order valence-electron chi connectivity index (χ0n) is 7.54. The molecule has 2 fully saturated rings. The second kappa shape index (κ2) is 3.56. The topological polar surface area (TPSA) is 20.3 Å². The summed E-state index contributed by atoms with van der Waals surface area (Å²) in [5, 5.41) is 0. The minimum atomic E-state index is 0.271. The van der Waals surface area contributed by atoms with Gasteiger partial charge < -0.3 is 4.79 Å². The molecule has 12 heavy (non-hydrogen) atoms. The van der Waals surface area contributed by atoms with Gasteiger partial charge in [0.15, 0.2) is 0 Å². The zero-order chi connectivity index (χ0) is 8.39. The van der Waals surface area contributed by atoms with Crippen LogP contribution in [0.2, 0.25) is 0 Å². The number of hydrogen-bond donors (Lipinski definition) is 0. The Morgan fingerprint density at radius 2 is 1.83 bits per heavy atom. The van der Waals surface area contributed by atoms with Crippen LogP contribution in [0.25, 0.3) is 0 Å². The molecule has 1 heterocycles. The van der Waals surface area contributed by atoms with Gasteiger partial charge in [0.1, 0.15) is 6.29 Å². The van der Waals surface area contributed by atoms with Crippen molar-refractivity contribution in [2.24, 2.45) is 0 Å². The van der Waals surface area contributed by atoms with Gasteiger partial charge in [0, 0.05) is 12.6 Å². The summed E-state index contributed by atoms with van der Waals surface area (Å²) in [5.74, 6) is 0. The van der Waals surface area contributed by atoms with Crippen LogP contribution in [-0.2, 0) is 4.79 Å². The van der Waals surface area contributed by atoms with Crippen LogP contribution >= 0.6 is 0 Å². The molecule has 1 aliphatic carbocycles. The van der Waals surface area contributed by atoms with Gasteiger partial charge in [0.05, 0.1) is 6.04 Å². The number of carbonyl (C=O) groups is 1. The molecular formula is C10H17NO. The Balaban J connectivity index is 1.86. The molecule has 0 spiro atoms. The van der Waals surface area contributed by atoms with E-state index in [1.165, 1.54) is 32.1 Å². The smallest absolute Gasteiger partial charge is 0.137 e. The molecule has 0 amide bonds. The molecule has 0 radical (unpaired) electrons. The maximum atomic E-state index is 10.6. The predicted octanol–water partition coefficient (Wildman–Crippen LogP) is 1.59. The summed E-state index contributed by atoms with van der Waals surface area (Å²) in [6, 6.07) is 1.01. The molecule has 0 aromatic rings. The minimum absolute atomic E-state index is 0.271. The SMILES string of the molecule is O=CC1CCN1C1CCCCC1. The summed E-state index contributed by atoms with van der Waals surface area (Å²) in [6.07, 6.45) is 9.00. The highest BCUT2D eigenvalue weighted by atomic mass is 16.1. The summed E-state index contributed by atoms with van der Waals surface area (Å²) in [6.45, 7) is 1.16. The molecule has 1 atom stereocenters. The van der Waals surface area contributed by atoms with E-state index >= 15 is 0 Å². The van der Waals surface area contributed by atoms with Crippen LogP contribution in [0.5, 0.6) is 0 Å². The van der Waals surface area contributed by atoms with Gasteiger partial charge in [-0.05, 0) is 19.3 Å². The Morgan fingerprint density at radius 3 is 2.33 bits per heavy atom. The Morgan fingerprint density at radius 1 is 1.08 bits per heavy atom. The van der Waals surface area contributed by atoms with Gasteiger partial charge in [-0.3, -0.25) is 4.90 Å². The van der Waals surface area contributed by atoms with Crippen molar-refractivity contribution in [3.63, 3.8) is 0 Å². The molecule has 0 bridgehead atoms. The first-order chi connectivity index (χ1) is 5.92. The summed E-state index contributed by atoms with van der Waals surface area (Å²) < 4.78 is 0. The van der Waals surface area contributed by atoms with Crippen LogP contribution in [0, 0.1) is 0 Å². The molecule has 2 aliphatic rings. The highest BCUT2D eigenvalue weighted by Gasteiger charge is 2.33. The molecular weight excluding hydrogens is 150 g/mol.